The number of hydrogen-bond acceptors (Lipinski definition) is 4. The lowest BCUT2D eigenvalue weighted by Gasteiger charge is -2.00. The smallest absolute Gasteiger partial charge is 0.220 e. The molecule has 0 spiro atoms. The van der Waals surface area contributed by atoms with Crippen molar-refractivity contribution in [2.45, 2.75) is 32.6 Å². The molecular formula is C10H17N3O. The fourth-order valence-corrected chi connectivity index (χ4v) is 1.73. The van der Waals surface area contributed by atoms with Gasteiger partial charge in [-0.05, 0) is 18.9 Å². The monoisotopic (exact) mass is 195 g/mol. The first kappa shape index (κ1) is 9.65. The molecule has 1 aliphatic rings. The number of aromatic nitrogens is 2. The Morgan fingerprint density at radius 2 is 2.36 bits per heavy atom. The highest BCUT2D eigenvalue weighted by Crippen LogP contribution is 2.21. The zero-order chi connectivity index (χ0) is 9.97. The van der Waals surface area contributed by atoms with Crippen LogP contribution in [0, 0.1) is 5.92 Å². The largest absolute Gasteiger partial charge is 0.425 e. The van der Waals surface area contributed by atoms with Crippen molar-refractivity contribution >= 4 is 0 Å². The van der Waals surface area contributed by atoms with Gasteiger partial charge in [-0.3, -0.25) is 0 Å². The van der Waals surface area contributed by atoms with Crippen molar-refractivity contribution < 1.29 is 4.42 Å². The van der Waals surface area contributed by atoms with E-state index in [2.05, 4.69) is 29.4 Å². The summed E-state index contributed by atoms with van der Waals surface area (Å²) in [5, 5.41) is 11.4. The van der Waals surface area contributed by atoms with E-state index in [9.17, 15) is 0 Å². The predicted molar refractivity (Wildman–Crippen MR) is 53.1 cm³/mol. The summed E-state index contributed by atoms with van der Waals surface area (Å²) < 4.78 is 5.62. The zero-order valence-electron chi connectivity index (χ0n) is 8.79. The van der Waals surface area contributed by atoms with Gasteiger partial charge in [0.1, 0.15) is 0 Å². The van der Waals surface area contributed by atoms with E-state index in [4.69, 9.17) is 4.42 Å². The highest BCUT2D eigenvalue weighted by atomic mass is 16.4. The Bertz CT molecular complexity index is 289. The number of nitrogens with zero attached hydrogens (tertiary/aromatic N) is 2. The Morgan fingerprint density at radius 3 is 3.00 bits per heavy atom. The number of nitrogens with one attached hydrogen (secondary N) is 1. The van der Waals surface area contributed by atoms with Crippen LogP contribution in [0.4, 0.5) is 0 Å². The van der Waals surface area contributed by atoms with Crippen LogP contribution in [0.15, 0.2) is 4.42 Å². The van der Waals surface area contributed by atoms with Gasteiger partial charge in [-0.2, -0.15) is 0 Å². The normalized spacial score (nSPS) is 22.1. The molecule has 1 fully saturated rings. The fourth-order valence-electron chi connectivity index (χ4n) is 1.73. The zero-order valence-corrected chi connectivity index (χ0v) is 8.79. The van der Waals surface area contributed by atoms with E-state index in [1.165, 1.54) is 0 Å². The molecule has 0 saturated carbocycles. The summed E-state index contributed by atoms with van der Waals surface area (Å²) >= 11 is 0. The van der Waals surface area contributed by atoms with E-state index in [1.54, 1.807) is 0 Å². The van der Waals surface area contributed by atoms with E-state index < -0.39 is 0 Å². The van der Waals surface area contributed by atoms with E-state index in [0.717, 1.165) is 37.7 Å². The molecule has 0 aromatic carbocycles. The molecular weight excluding hydrogens is 178 g/mol. The highest BCUT2D eigenvalue weighted by Gasteiger charge is 2.22. The standard InChI is InChI=1S/C10H17N3O/c1-7(2)5-9-12-13-10(14-9)8-3-4-11-6-8/h7-8,11H,3-6H2,1-2H3/t8-/m0/s1. The van der Waals surface area contributed by atoms with Gasteiger partial charge in [-0.1, -0.05) is 13.8 Å². The number of rotatable bonds is 3. The Hall–Kier alpha value is -0.900. The number of hydrogen-bond donors (Lipinski definition) is 1. The lowest BCUT2D eigenvalue weighted by molar-refractivity contribution is 0.405. The maximum atomic E-state index is 5.62. The molecule has 1 atom stereocenters. The van der Waals surface area contributed by atoms with E-state index >= 15 is 0 Å². The van der Waals surface area contributed by atoms with Gasteiger partial charge in [0.2, 0.25) is 11.8 Å². The van der Waals surface area contributed by atoms with Gasteiger partial charge >= 0.3 is 0 Å². The van der Waals surface area contributed by atoms with Gasteiger partial charge in [-0.15, -0.1) is 10.2 Å². The topological polar surface area (TPSA) is 51.0 Å². The first-order valence-electron chi connectivity index (χ1n) is 5.28. The van der Waals surface area contributed by atoms with Crippen LogP contribution in [0.2, 0.25) is 0 Å². The van der Waals surface area contributed by atoms with E-state index in [1.807, 2.05) is 0 Å². The van der Waals surface area contributed by atoms with Crippen molar-refractivity contribution in [2.24, 2.45) is 5.92 Å². The SMILES string of the molecule is CC(C)Cc1nnc([C@H]2CCNC2)o1. The van der Waals surface area contributed by atoms with Gasteiger partial charge in [0.25, 0.3) is 0 Å². The molecule has 78 valence electrons. The van der Waals surface area contributed by atoms with E-state index in [-0.39, 0.29) is 0 Å². The lowest BCUT2D eigenvalue weighted by Crippen LogP contribution is -2.08. The van der Waals surface area contributed by atoms with Crippen LogP contribution in [-0.4, -0.2) is 23.3 Å². The van der Waals surface area contributed by atoms with Crippen molar-refractivity contribution in [1.82, 2.24) is 15.5 Å². The summed E-state index contributed by atoms with van der Waals surface area (Å²) in [5.74, 6) is 2.60. The van der Waals surface area contributed by atoms with Crippen molar-refractivity contribution in [3.63, 3.8) is 0 Å². The van der Waals surface area contributed by atoms with Crippen LogP contribution in [0.3, 0.4) is 0 Å². The Balaban J connectivity index is 2.01. The maximum absolute atomic E-state index is 5.62. The maximum Gasteiger partial charge on any atom is 0.220 e. The predicted octanol–water partition coefficient (Wildman–Crippen LogP) is 1.34. The third-order valence-corrected chi connectivity index (χ3v) is 2.47. The van der Waals surface area contributed by atoms with Crippen LogP contribution in [-0.2, 0) is 6.42 Å². The van der Waals surface area contributed by atoms with Gasteiger partial charge in [-0.25, -0.2) is 0 Å². The van der Waals surface area contributed by atoms with Crippen LogP contribution < -0.4 is 5.32 Å². The minimum absolute atomic E-state index is 0.434. The summed E-state index contributed by atoms with van der Waals surface area (Å²) in [6, 6.07) is 0. The molecule has 0 aliphatic carbocycles. The molecule has 2 rings (SSSR count). The average Bonchev–Trinajstić information content (AvgIpc) is 2.69. The highest BCUT2D eigenvalue weighted by molar-refractivity contribution is 4.96. The molecule has 0 bridgehead atoms. The molecule has 14 heavy (non-hydrogen) atoms. The van der Waals surface area contributed by atoms with Gasteiger partial charge < -0.3 is 9.73 Å². The molecule has 1 aromatic heterocycles. The second-order valence-corrected chi connectivity index (χ2v) is 4.32. The first-order chi connectivity index (χ1) is 6.75. The van der Waals surface area contributed by atoms with Gasteiger partial charge in [0, 0.05) is 13.0 Å². The minimum Gasteiger partial charge on any atom is -0.425 e. The summed E-state index contributed by atoms with van der Waals surface area (Å²) in [6.45, 7) is 6.35. The minimum atomic E-state index is 0.434. The molecule has 1 aliphatic heterocycles. The van der Waals surface area contributed by atoms with Gasteiger partial charge in [0.05, 0.1) is 5.92 Å². The quantitative estimate of drug-likeness (QED) is 0.791. The van der Waals surface area contributed by atoms with Crippen LogP contribution in [0.1, 0.15) is 38.0 Å². The van der Waals surface area contributed by atoms with E-state index in [0.29, 0.717) is 11.8 Å². The van der Waals surface area contributed by atoms with Crippen molar-refractivity contribution in [3.8, 4) is 0 Å². The van der Waals surface area contributed by atoms with Crippen molar-refractivity contribution in [3.05, 3.63) is 11.8 Å². The Labute approximate surface area is 84.1 Å². The summed E-state index contributed by atoms with van der Waals surface area (Å²) in [4.78, 5) is 0. The summed E-state index contributed by atoms with van der Waals surface area (Å²) in [7, 11) is 0. The summed E-state index contributed by atoms with van der Waals surface area (Å²) in [6.07, 6.45) is 2.00. The fraction of sp³-hybridized carbons (Fsp3) is 0.800. The molecule has 0 amide bonds. The Morgan fingerprint density at radius 1 is 1.50 bits per heavy atom. The van der Waals surface area contributed by atoms with Crippen LogP contribution in [0.25, 0.3) is 0 Å². The molecule has 1 aromatic rings. The molecule has 0 unspecified atom stereocenters. The van der Waals surface area contributed by atoms with Crippen LogP contribution >= 0.6 is 0 Å². The second kappa shape index (κ2) is 4.09. The lowest BCUT2D eigenvalue weighted by atomic mass is 10.1. The molecule has 0 radical (unpaired) electrons. The third-order valence-electron chi connectivity index (χ3n) is 2.47. The van der Waals surface area contributed by atoms with Gasteiger partial charge in [0.15, 0.2) is 0 Å². The average molecular weight is 195 g/mol. The molecule has 4 nitrogen and oxygen atoms in total. The second-order valence-electron chi connectivity index (χ2n) is 4.32. The summed E-state index contributed by atoms with van der Waals surface area (Å²) in [5.41, 5.74) is 0. The van der Waals surface area contributed by atoms with Crippen molar-refractivity contribution in [2.75, 3.05) is 13.1 Å². The molecule has 2 heterocycles. The first-order valence-corrected chi connectivity index (χ1v) is 5.28. The molecule has 1 saturated heterocycles. The van der Waals surface area contributed by atoms with Crippen molar-refractivity contribution in [1.29, 1.82) is 0 Å². The molecule has 4 heteroatoms. The molecule has 1 N–H and O–H groups in total. The Kier molecular flexibility index (Phi) is 2.82. The third kappa shape index (κ3) is 2.12. The van der Waals surface area contributed by atoms with Crippen LogP contribution in [0.5, 0.6) is 0 Å².